The maximum atomic E-state index is 10.8. The number of aromatic nitrogens is 2. The molecule has 2 aromatic rings. The summed E-state index contributed by atoms with van der Waals surface area (Å²) < 4.78 is 10.2. The molecule has 0 aliphatic heterocycles. The number of nitrogens with zero attached hydrogens (tertiary/aromatic N) is 2. The van der Waals surface area contributed by atoms with E-state index < -0.39 is 5.60 Å². The highest BCUT2D eigenvalue weighted by molar-refractivity contribution is 6.30. The van der Waals surface area contributed by atoms with Gasteiger partial charge in [0.1, 0.15) is 11.3 Å². The lowest BCUT2D eigenvalue weighted by Gasteiger charge is -2.24. The van der Waals surface area contributed by atoms with Gasteiger partial charge in [-0.15, -0.1) is 0 Å². The lowest BCUT2D eigenvalue weighted by molar-refractivity contribution is 0.0926. The van der Waals surface area contributed by atoms with Crippen molar-refractivity contribution in [3.8, 4) is 11.8 Å². The number of rotatable bonds is 4. The van der Waals surface area contributed by atoms with E-state index in [-0.39, 0.29) is 5.88 Å². The van der Waals surface area contributed by atoms with Gasteiger partial charge in [0, 0.05) is 5.02 Å². The van der Waals surface area contributed by atoms with Gasteiger partial charge in [-0.25, -0.2) is 4.98 Å². The van der Waals surface area contributed by atoms with Gasteiger partial charge in [0.25, 0.3) is 0 Å². The second-order valence-corrected chi connectivity index (χ2v) is 4.79. The second-order valence-electron chi connectivity index (χ2n) is 4.35. The predicted molar refractivity (Wildman–Crippen MR) is 75.3 cm³/mol. The Hall–Kier alpha value is -1.85. The van der Waals surface area contributed by atoms with E-state index in [0.29, 0.717) is 22.2 Å². The van der Waals surface area contributed by atoms with Crippen LogP contribution >= 0.6 is 11.6 Å². The summed E-state index contributed by atoms with van der Waals surface area (Å²) in [7, 11) is 2.94. The van der Waals surface area contributed by atoms with E-state index in [0.717, 1.165) is 0 Å². The first kappa shape index (κ1) is 14.6. The monoisotopic (exact) mass is 294 g/mol. The van der Waals surface area contributed by atoms with Crippen LogP contribution in [-0.2, 0) is 5.60 Å². The third-order valence-electron chi connectivity index (χ3n) is 2.97. The summed E-state index contributed by atoms with van der Waals surface area (Å²) in [5.74, 6) is 0.516. The van der Waals surface area contributed by atoms with E-state index in [4.69, 9.17) is 21.1 Å². The third-order valence-corrected chi connectivity index (χ3v) is 3.20. The van der Waals surface area contributed by atoms with E-state index in [1.165, 1.54) is 20.4 Å². The highest BCUT2D eigenvalue weighted by Crippen LogP contribution is 2.34. The molecule has 1 N–H and O–H groups in total. The Labute approximate surface area is 122 Å². The summed E-state index contributed by atoms with van der Waals surface area (Å²) in [6.07, 6.45) is 1.43. The standard InChI is InChI=1S/C14H15ClN2O3/c1-14(18,9-5-4-6-10(15)7-9)12-13(20-3)17-11(19-2)8-16-12/h4-8,18H,1-3H3. The van der Waals surface area contributed by atoms with Gasteiger partial charge in [-0.05, 0) is 24.6 Å². The molecule has 0 aliphatic rings. The lowest BCUT2D eigenvalue weighted by Crippen LogP contribution is -2.25. The van der Waals surface area contributed by atoms with Crippen molar-refractivity contribution in [1.29, 1.82) is 0 Å². The number of hydrogen-bond donors (Lipinski definition) is 1. The average molecular weight is 295 g/mol. The van der Waals surface area contributed by atoms with Gasteiger partial charge in [0.15, 0.2) is 0 Å². The van der Waals surface area contributed by atoms with E-state index >= 15 is 0 Å². The minimum Gasteiger partial charge on any atom is -0.480 e. The van der Waals surface area contributed by atoms with Crippen molar-refractivity contribution < 1.29 is 14.6 Å². The van der Waals surface area contributed by atoms with Gasteiger partial charge < -0.3 is 14.6 Å². The number of ether oxygens (including phenoxy) is 2. The summed E-state index contributed by atoms with van der Waals surface area (Å²) in [6.45, 7) is 1.61. The van der Waals surface area contributed by atoms with Crippen LogP contribution in [-0.4, -0.2) is 29.3 Å². The van der Waals surface area contributed by atoms with E-state index in [1.54, 1.807) is 31.2 Å². The molecule has 0 fully saturated rings. The zero-order valence-corrected chi connectivity index (χ0v) is 12.2. The van der Waals surface area contributed by atoms with Crippen LogP contribution in [0.2, 0.25) is 5.02 Å². The number of benzene rings is 1. The van der Waals surface area contributed by atoms with Crippen molar-refractivity contribution in [2.75, 3.05) is 14.2 Å². The molecule has 2 rings (SSSR count). The van der Waals surface area contributed by atoms with Gasteiger partial charge in [-0.2, -0.15) is 4.98 Å². The number of hydrogen-bond acceptors (Lipinski definition) is 5. The molecule has 1 aromatic heterocycles. The summed E-state index contributed by atoms with van der Waals surface area (Å²) in [5.41, 5.74) is -0.485. The molecular formula is C14H15ClN2O3. The Morgan fingerprint density at radius 2 is 2.00 bits per heavy atom. The molecule has 0 radical (unpaired) electrons. The van der Waals surface area contributed by atoms with Crippen LogP contribution in [0.4, 0.5) is 0 Å². The molecule has 20 heavy (non-hydrogen) atoms. The molecule has 1 unspecified atom stereocenters. The lowest BCUT2D eigenvalue weighted by atomic mass is 9.92. The van der Waals surface area contributed by atoms with Crippen molar-refractivity contribution in [1.82, 2.24) is 9.97 Å². The van der Waals surface area contributed by atoms with Crippen LogP contribution in [0.15, 0.2) is 30.5 Å². The summed E-state index contributed by atoms with van der Waals surface area (Å²) in [5, 5.41) is 11.3. The first-order chi connectivity index (χ1) is 9.48. The molecule has 0 spiro atoms. The average Bonchev–Trinajstić information content (AvgIpc) is 2.46. The predicted octanol–water partition coefficient (Wildman–Crippen LogP) is 2.40. The number of aliphatic hydroxyl groups is 1. The molecule has 0 bridgehead atoms. The van der Waals surface area contributed by atoms with Crippen LogP contribution in [0.3, 0.4) is 0 Å². The van der Waals surface area contributed by atoms with Gasteiger partial charge >= 0.3 is 0 Å². The fourth-order valence-corrected chi connectivity index (χ4v) is 2.05. The molecule has 5 nitrogen and oxygen atoms in total. The van der Waals surface area contributed by atoms with Crippen molar-refractivity contribution in [2.45, 2.75) is 12.5 Å². The maximum Gasteiger partial charge on any atom is 0.242 e. The highest BCUT2D eigenvalue weighted by atomic mass is 35.5. The minimum absolute atomic E-state index is 0.203. The zero-order chi connectivity index (χ0) is 14.8. The Morgan fingerprint density at radius 3 is 2.60 bits per heavy atom. The molecule has 1 atom stereocenters. The van der Waals surface area contributed by atoms with E-state index in [2.05, 4.69) is 9.97 Å². The van der Waals surface area contributed by atoms with E-state index in [1.807, 2.05) is 0 Å². The Kier molecular flexibility index (Phi) is 4.11. The largest absolute Gasteiger partial charge is 0.480 e. The molecule has 106 valence electrons. The molecule has 0 saturated carbocycles. The Morgan fingerprint density at radius 1 is 1.25 bits per heavy atom. The van der Waals surface area contributed by atoms with Crippen molar-refractivity contribution in [3.05, 3.63) is 46.7 Å². The molecule has 0 amide bonds. The van der Waals surface area contributed by atoms with Gasteiger partial charge in [0.2, 0.25) is 11.8 Å². The van der Waals surface area contributed by atoms with Gasteiger partial charge in [0.05, 0.1) is 20.4 Å². The first-order valence-corrected chi connectivity index (χ1v) is 6.30. The summed E-state index contributed by atoms with van der Waals surface area (Å²) in [4.78, 5) is 8.32. The Bertz CT molecular complexity index is 617. The third kappa shape index (κ3) is 2.69. The summed E-state index contributed by atoms with van der Waals surface area (Å²) >= 11 is 5.96. The fourth-order valence-electron chi connectivity index (χ4n) is 1.86. The van der Waals surface area contributed by atoms with Crippen LogP contribution in [0.1, 0.15) is 18.2 Å². The topological polar surface area (TPSA) is 64.5 Å². The Balaban J connectivity index is 2.53. The highest BCUT2D eigenvalue weighted by Gasteiger charge is 2.32. The molecule has 6 heteroatoms. The SMILES string of the molecule is COc1cnc(C(C)(O)c2cccc(Cl)c2)c(OC)n1. The zero-order valence-electron chi connectivity index (χ0n) is 11.4. The second kappa shape index (κ2) is 5.64. The molecule has 0 aliphatic carbocycles. The van der Waals surface area contributed by atoms with Crippen molar-refractivity contribution in [3.63, 3.8) is 0 Å². The molecule has 1 aromatic carbocycles. The van der Waals surface area contributed by atoms with Crippen LogP contribution in [0.5, 0.6) is 11.8 Å². The smallest absolute Gasteiger partial charge is 0.242 e. The van der Waals surface area contributed by atoms with Crippen molar-refractivity contribution >= 4 is 11.6 Å². The minimum atomic E-state index is -1.38. The van der Waals surface area contributed by atoms with Crippen LogP contribution in [0.25, 0.3) is 0 Å². The van der Waals surface area contributed by atoms with Crippen LogP contribution in [0, 0.1) is 0 Å². The maximum absolute atomic E-state index is 10.8. The molecule has 0 saturated heterocycles. The van der Waals surface area contributed by atoms with Crippen molar-refractivity contribution in [2.24, 2.45) is 0 Å². The quantitative estimate of drug-likeness (QED) is 0.938. The van der Waals surface area contributed by atoms with E-state index in [9.17, 15) is 5.11 Å². The first-order valence-electron chi connectivity index (χ1n) is 5.93. The fraction of sp³-hybridized carbons (Fsp3) is 0.286. The van der Waals surface area contributed by atoms with Gasteiger partial charge in [-0.3, -0.25) is 0 Å². The van der Waals surface area contributed by atoms with Gasteiger partial charge in [-0.1, -0.05) is 23.7 Å². The molecule has 1 heterocycles. The normalized spacial score (nSPS) is 13.7. The van der Waals surface area contributed by atoms with Crippen LogP contribution < -0.4 is 9.47 Å². The summed E-state index contributed by atoms with van der Waals surface area (Å²) in [6, 6.07) is 6.93. The number of methoxy groups -OCH3 is 2. The number of halogens is 1. The molecular weight excluding hydrogens is 280 g/mol.